The van der Waals surface area contributed by atoms with Gasteiger partial charge in [-0.15, -0.1) is 0 Å². The van der Waals surface area contributed by atoms with Crippen molar-refractivity contribution in [3.63, 3.8) is 0 Å². The molecule has 76 valence electrons. The Morgan fingerprint density at radius 2 is 1.77 bits per heavy atom. The smallest absolute Gasteiger partial charge is 0.321 e. The molecule has 0 aliphatic heterocycles. The second kappa shape index (κ2) is 9.71. The predicted octanol–water partition coefficient (Wildman–Crippen LogP) is 1.98. The molecule has 0 N–H and O–H groups in total. The molecule has 0 aromatic heterocycles. The Labute approximate surface area is 82.7 Å². The highest BCUT2D eigenvalue weighted by Gasteiger charge is 2.11. The van der Waals surface area contributed by atoms with Crippen LogP contribution in [0.2, 0.25) is 6.04 Å². The fraction of sp³-hybridized carbons (Fsp3) is 0.889. The molecule has 0 rings (SSSR count). The van der Waals surface area contributed by atoms with Crippen LogP contribution < -0.4 is 0 Å². The number of rotatable bonds is 8. The molecule has 0 radical (unpaired) electrons. The van der Waals surface area contributed by atoms with Crippen LogP contribution in [-0.4, -0.2) is 29.0 Å². The van der Waals surface area contributed by atoms with E-state index in [1.807, 2.05) is 13.8 Å². The fourth-order valence-electron chi connectivity index (χ4n) is 1.09. The lowest BCUT2D eigenvalue weighted by Crippen LogP contribution is -2.22. The van der Waals surface area contributed by atoms with Crippen molar-refractivity contribution in [3.8, 4) is 0 Å². The first-order valence-corrected chi connectivity index (χ1v) is 6.67. The van der Waals surface area contributed by atoms with Crippen LogP contribution in [-0.2, 0) is 8.85 Å². The van der Waals surface area contributed by atoms with Crippen LogP contribution in [0.5, 0.6) is 0 Å². The summed E-state index contributed by atoms with van der Waals surface area (Å²) in [6, 6.07) is 1.04. The van der Waals surface area contributed by atoms with Crippen molar-refractivity contribution in [3.05, 3.63) is 11.4 Å². The minimum Gasteiger partial charge on any atom is -0.397 e. The lowest BCUT2D eigenvalue weighted by Gasteiger charge is -2.13. The molecule has 0 spiro atoms. The Balaban J connectivity index is 3.39. The summed E-state index contributed by atoms with van der Waals surface area (Å²) in [5.74, 6) is 0. The van der Waals surface area contributed by atoms with Gasteiger partial charge in [0.25, 0.3) is 0 Å². The summed E-state index contributed by atoms with van der Waals surface area (Å²) in [4.78, 5) is 3.31. The molecule has 3 nitrogen and oxygen atoms in total. The van der Waals surface area contributed by atoms with E-state index in [1.54, 1.807) is 0 Å². The van der Waals surface area contributed by atoms with Gasteiger partial charge in [0.2, 0.25) is 6.54 Å². The molecule has 0 fully saturated rings. The molecule has 0 saturated heterocycles. The van der Waals surface area contributed by atoms with E-state index in [1.165, 1.54) is 0 Å². The topological polar surface area (TPSA) is 22.8 Å². The van der Waals surface area contributed by atoms with E-state index < -0.39 is 9.28 Å². The van der Waals surface area contributed by atoms with Crippen molar-refractivity contribution in [1.29, 1.82) is 0 Å². The Hall–Kier alpha value is -0.373. The van der Waals surface area contributed by atoms with Crippen LogP contribution >= 0.6 is 0 Å². The molecule has 0 bridgehead atoms. The Morgan fingerprint density at radius 3 is 2.23 bits per heavy atom. The van der Waals surface area contributed by atoms with Gasteiger partial charge in [0, 0.05) is 19.6 Å². The summed E-state index contributed by atoms with van der Waals surface area (Å²) < 4.78 is 11.0. The molecule has 0 amide bonds. The van der Waals surface area contributed by atoms with E-state index >= 15 is 0 Å². The van der Waals surface area contributed by atoms with Gasteiger partial charge in [-0.1, -0.05) is 0 Å². The monoisotopic (exact) mass is 201 g/mol. The minimum absolute atomic E-state index is 0.638. The third-order valence-corrected chi connectivity index (χ3v) is 3.95. The number of hydrogen-bond acceptors (Lipinski definition) is 2. The first-order chi connectivity index (χ1) is 6.35. The van der Waals surface area contributed by atoms with E-state index in [2.05, 4.69) is 4.85 Å². The molecule has 0 saturated carbocycles. The number of nitrogens with zero attached hydrogens (tertiary/aromatic N) is 1. The summed E-state index contributed by atoms with van der Waals surface area (Å²) >= 11 is 0. The van der Waals surface area contributed by atoms with E-state index in [-0.39, 0.29) is 0 Å². The summed E-state index contributed by atoms with van der Waals surface area (Å²) in [6.07, 6.45) is 2.05. The minimum atomic E-state index is -1.38. The maximum atomic E-state index is 6.62. The van der Waals surface area contributed by atoms with Crippen LogP contribution in [0.15, 0.2) is 0 Å². The average molecular weight is 201 g/mol. The molecule has 0 aromatic carbocycles. The zero-order valence-corrected chi connectivity index (χ0v) is 9.74. The molecule has 0 aliphatic rings. The highest BCUT2D eigenvalue weighted by molar-refractivity contribution is 6.44. The fourth-order valence-corrected chi connectivity index (χ4v) is 2.88. The van der Waals surface area contributed by atoms with Crippen molar-refractivity contribution in [2.24, 2.45) is 0 Å². The van der Waals surface area contributed by atoms with Crippen molar-refractivity contribution in [1.82, 2.24) is 0 Å². The van der Waals surface area contributed by atoms with Crippen LogP contribution in [0.1, 0.15) is 26.7 Å². The highest BCUT2D eigenvalue weighted by atomic mass is 28.3. The van der Waals surface area contributed by atoms with Crippen LogP contribution in [0, 0.1) is 6.57 Å². The molecule has 0 heterocycles. The molecule has 0 atom stereocenters. The number of hydrogen-bond donors (Lipinski definition) is 0. The Kier molecular flexibility index (Phi) is 9.43. The van der Waals surface area contributed by atoms with Crippen molar-refractivity contribution < 1.29 is 8.85 Å². The summed E-state index contributed by atoms with van der Waals surface area (Å²) in [7, 11) is -1.38. The number of unbranched alkanes of at least 4 members (excludes halogenated alkanes) is 1. The normalized spacial score (nSPS) is 10.3. The molecule has 0 unspecified atom stereocenters. The quantitative estimate of drug-likeness (QED) is 0.340. The first kappa shape index (κ1) is 12.6. The van der Waals surface area contributed by atoms with Gasteiger partial charge in [-0.05, 0) is 26.3 Å². The maximum Gasteiger partial charge on any atom is 0.321 e. The zero-order chi connectivity index (χ0) is 9.94. The van der Waals surface area contributed by atoms with E-state index in [9.17, 15) is 0 Å². The van der Waals surface area contributed by atoms with E-state index in [4.69, 9.17) is 15.4 Å². The molecule has 4 heteroatoms. The van der Waals surface area contributed by atoms with Gasteiger partial charge in [0.1, 0.15) is 0 Å². The molecule has 0 aromatic rings. The summed E-state index contributed by atoms with van der Waals surface area (Å²) in [5, 5.41) is 0. The average Bonchev–Trinajstić information content (AvgIpc) is 2.13. The molecular formula is C9H19NO2Si. The lowest BCUT2D eigenvalue weighted by molar-refractivity contribution is 0.212. The maximum absolute atomic E-state index is 6.62. The second-order valence-electron chi connectivity index (χ2n) is 2.72. The molecular weight excluding hydrogens is 182 g/mol. The van der Waals surface area contributed by atoms with E-state index in [0.29, 0.717) is 6.54 Å². The molecule has 13 heavy (non-hydrogen) atoms. The van der Waals surface area contributed by atoms with Gasteiger partial charge in [-0.2, -0.15) is 0 Å². The molecule has 0 aliphatic carbocycles. The Bertz CT molecular complexity index is 141. The van der Waals surface area contributed by atoms with Gasteiger partial charge in [0.05, 0.1) is 0 Å². The van der Waals surface area contributed by atoms with Gasteiger partial charge < -0.3 is 13.7 Å². The van der Waals surface area contributed by atoms with Crippen LogP contribution in [0.25, 0.3) is 4.85 Å². The van der Waals surface area contributed by atoms with Gasteiger partial charge >= 0.3 is 9.28 Å². The van der Waals surface area contributed by atoms with Crippen molar-refractivity contribution in [2.45, 2.75) is 32.7 Å². The first-order valence-electron chi connectivity index (χ1n) is 4.91. The largest absolute Gasteiger partial charge is 0.397 e. The second-order valence-corrected chi connectivity index (χ2v) is 4.82. The Morgan fingerprint density at radius 1 is 1.15 bits per heavy atom. The third-order valence-electron chi connectivity index (χ3n) is 1.66. The van der Waals surface area contributed by atoms with Gasteiger partial charge in [0.15, 0.2) is 0 Å². The SMILES string of the molecule is [C-]#[N+]CCCC[SiH](OCC)OCC. The highest BCUT2D eigenvalue weighted by Crippen LogP contribution is 2.04. The third kappa shape index (κ3) is 7.97. The summed E-state index contributed by atoms with van der Waals surface area (Å²) in [5.41, 5.74) is 0. The van der Waals surface area contributed by atoms with Gasteiger partial charge in [-0.25, -0.2) is 6.57 Å². The van der Waals surface area contributed by atoms with Crippen LogP contribution in [0.4, 0.5) is 0 Å². The van der Waals surface area contributed by atoms with Crippen molar-refractivity contribution >= 4 is 9.28 Å². The van der Waals surface area contributed by atoms with E-state index in [0.717, 1.165) is 32.1 Å². The zero-order valence-electron chi connectivity index (χ0n) is 8.58. The van der Waals surface area contributed by atoms with Crippen molar-refractivity contribution in [2.75, 3.05) is 19.8 Å². The summed E-state index contributed by atoms with van der Waals surface area (Å²) in [6.45, 7) is 12.8. The van der Waals surface area contributed by atoms with Gasteiger partial charge in [-0.3, -0.25) is 0 Å². The predicted molar refractivity (Wildman–Crippen MR) is 55.9 cm³/mol. The lowest BCUT2D eigenvalue weighted by atomic mass is 10.3. The van der Waals surface area contributed by atoms with Crippen LogP contribution in [0.3, 0.4) is 0 Å². The standard InChI is InChI=1S/C9H19NO2Si/c1-4-11-13(12-5-2)9-7-6-8-10-3/h13H,4-9H2,1-2H3.